The highest BCUT2D eigenvalue weighted by Crippen LogP contribution is 2.20. The molecule has 0 heterocycles. The van der Waals surface area contributed by atoms with Crippen LogP contribution in [0.4, 0.5) is 0 Å². The van der Waals surface area contributed by atoms with Gasteiger partial charge in [0.25, 0.3) is 5.91 Å². The topological polar surface area (TPSA) is 80.4 Å². The van der Waals surface area contributed by atoms with Crippen molar-refractivity contribution in [1.82, 2.24) is 0 Å². The van der Waals surface area contributed by atoms with Gasteiger partial charge < -0.3 is 10.8 Å². The zero-order chi connectivity index (χ0) is 11.4. The maximum atomic E-state index is 10.7. The Morgan fingerprint density at radius 2 is 2.07 bits per heavy atom. The summed E-state index contributed by atoms with van der Waals surface area (Å²) in [6.07, 6.45) is 0. The van der Waals surface area contributed by atoms with E-state index < -0.39 is 11.9 Å². The van der Waals surface area contributed by atoms with E-state index in [1.807, 2.05) is 0 Å². The van der Waals surface area contributed by atoms with Gasteiger partial charge in [-0.05, 0) is 12.1 Å². The number of halogens is 1. The van der Waals surface area contributed by atoms with Crippen molar-refractivity contribution < 1.29 is 14.7 Å². The average molecular weight is 224 g/mol. The van der Waals surface area contributed by atoms with Gasteiger partial charge >= 0.3 is 5.97 Å². The maximum Gasteiger partial charge on any atom is 0.337 e. The summed E-state index contributed by atoms with van der Waals surface area (Å²) in [5, 5.41) is 8.74. The Hall–Kier alpha value is -1.99. The molecule has 0 spiro atoms. The lowest BCUT2D eigenvalue weighted by Crippen LogP contribution is -2.06. The van der Waals surface area contributed by atoms with Crippen molar-refractivity contribution in [2.75, 3.05) is 0 Å². The number of hydrogen-bond acceptors (Lipinski definition) is 2. The summed E-state index contributed by atoms with van der Waals surface area (Å²) < 4.78 is 0. The molecule has 76 valence electrons. The van der Waals surface area contributed by atoms with Crippen LogP contribution in [0.1, 0.15) is 15.9 Å². The number of aromatic carboxylic acids is 1. The highest BCUT2D eigenvalue weighted by Gasteiger charge is 2.10. The van der Waals surface area contributed by atoms with Crippen LogP contribution in [0.25, 0.3) is 0 Å². The number of carboxylic acids is 1. The maximum absolute atomic E-state index is 10.7. The number of hydrogen-bond donors (Lipinski definition) is 2. The van der Waals surface area contributed by atoms with E-state index in [2.05, 4.69) is 11.8 Å². The first-order chi connectivity index (χ1) is 7.02. The Morgan fingerprint density at radius 1 is 1.40 bits per heavy atom. The molecule has 5 heteroatoms. The van der Waals surface area contributed by atoms with Gasteiger partial charge in [0.05, 0.1) is 10.6 Å². The highest BCUT2D eigenvalue weighted by atomic mass is 35.5. The number of nitrogens with two attached hydrogens (primary N) is 1. The van der Waals surface area contributed by atoms with Crippen LogP contribution in [0.2, 0.25) is 5.02 Å². The van der Waals surface area contributed by atoms with Gasteiger partial charge in [-0.15, -0.1) is 0 Å². The first kappa shape index (κ1) is 11.1. The molecule has 0 saturated heterocycles. The van der Waals surface area contributed by atoms with Crippen LogP contribution < -0.4 is 5.73 Å². The van der Waals surface area contributed by atoms with Crippen molar-refractivity contribution in [3.63, 3.8) is 0 Å². The van der Waals surface area contributed by atoms with Crippen LogP contribution in [0.15, 0.2) is 18.2 Å². The molecule has 0 fully saturated rings. The van der Waals surface area contributed by atoms with E-state index in [0.717, 1.165) is 0 Å². The minimum Gasteiger partial charge on any atom is -0.478 e. The molecule has 3 N–H and O–H groups in total. The number of benzene rings is 1. The van der Waals surface area contributed by atoms with Crippen molar-refractivity contribution in [3.8, 4) is 11.8 Å². The van der Waals surface area contributed by atoms with Crippen molar-refractivity contribution >= 4 is 23.5 Å². The molecule has 1 aromatic rings. The van der Waals surface area contributed by atoms with E-state index in [-0.39, 0.29) is 16.1 Å². The van der Waals surface area contributed by atoms with E-state index in [9.17, 15) is 9.59 Å². The fraction of sp³-hybridized carbons (Fsp3) is 0. The molecule has 0 aliphatic carbocycles. The highest BCUT2D eigenvalue weighted by molar-refractivity contribution is 6.34. The largest absolute Gasteiger partial charge is 0.478 e. The molecular weight excluding hydrogens is 218 g/mol. The van der Waals surface area contributed by atoms with Crippen molar-refractivity contribution in [3.05, 3.63) is 34.3 Å². The Balaban J connectivity index is 3.23. The number of carbonyl (C=O) groups excluding carboxylic acids is 1. The zero-order valence-electron chi connectivity index (χ0n) is 7.45. The number of carbonyl (C=O) groups is 2. The molecule has 0 aliphatic heterocycles. The van der Waals surface area contributed by atoms with Crippen LogP contribution in [0.5, 0.6) is 0 Å². The molecule has 1 aromatic carbocycles. The van der Waals surface area contributed by atoms with Gasteiger partial charge in [-0.1, -0.05) is 23.6 Å². The molecule has 0 aliphatic rings. The summed E-state index contributed by atoms with van der Waals surface area (Å²) in [5.74, 6) is 2.52. The quantitative estimate of drug-likeness (QED) is 0.694. The molecule has 4 nitrogen and oxygen atoms in total. The summed E-state index contributed by atoms with van der Waals surface area (Å²) in [4.78, 5) is 21.1. The Bertz CT molecular complexity index is 485. The number of amides is 1. The second kappa shape index (κ2) is 4.49. The molecule has 0 atom stereocenters. The smallest absolute Gasteiger partial charge is 0.337 e. The lowest BCUT2D eigenvalue weighted by molar-refractivity contribution is -0.112. The zero-order valence-corrected chi connectivity index (χ0v) is 8.21. The Labute approximate surface area is 90.7 Å². The predicted molar refractivity (Wildman–Crippen MR) is 54.5 cm³/mol. The number of carboxylic acid groups (broad SMARTS) is 1. The van der Waals surface area contributed by atoms with Crippen molar-refractivity contribution in [2.24, 2.45) is 5.73 Å². The summed E-state index contributed by atoms with van der Waals surface area (Å²) in [5.41, 5.74) is 5.01. The van der Waals surface area contributed by atoms with Crippen LogP contribution in [-0.2, 0) is 4.79 Å². The summed E-state index contributed by atoms with van der Waals surface area (Å²) in [7, 11) is 0. The van der Waals surface area contributed by atoms with E-state index in [1.54, 1.807) is 0 Å². The lowest BCUT2D eigenvalue weighted by atomic mass is 10.1. The normalized spacial score (nSPS) is 8.87. The van der Waals surface area contributed by atoms with E-state index in [4.69, 9.17) is 22.4 Å². The van der Waals surface area contributed by atoms with Crippen LogP contribution in [0.3, 0.4) is 0 Å². The van der Waals surface area contributed by atoms with E-state index in [0.29, 0.717) is 0 Å². The van der Waals surface area contributed by atoms with Gasteiger partial charge in [0.2, 0.25) is 0 Å². The molecule has 0 unspecified atom stereocenters. The summed E-state index contributed by atoms with van der Waals surface area (Å²) in [6.45, 7) is 0. The monoisotopic (exact) mass is 223 g/mol. The minimum atomic E-state index is -1.15. The second-order valence-electron chi connectivity index (χ2n) is 2.59. The molecule has 15 heavy (non-hydrogen) atoms. The van der Waals surface area contributed by atoms with Crippen molar-refractivity contribution in [2.45, 2.75) is 0 Å². The second-order valence-corrected chi connectivity index (χ2v) is 2.96. The molecule has 1 rings (SSSR count). The third-order valence-corrected chi connectivity index (χ3v) is 1.96. The molecule has 1 amide bonds. The molecule has 0 radical (unpaired) electrons. The third kappa shape index (κ3) is 2.73. The fourth-order valence-corrected chi connectivity index (χ4v) is 1.18. The summed E-state index contributed by atoms with van der Waals surface area (Å²) in [6, 6.07) is 4.34. The minimum absolute atomic E-state index is 0.00116. The summed E-state index contributed by atoms with van der Waals surface area (Å²) >= 11 is 5.75. The number of rotatable bonds is 1. The van der Waals surface area contributed by atoms with Gasteiger partial charge in [0.1, 0.15) is 0 Å². The molecule has 0 saturated carbocycles. The third-order valence-electron chi connectivity index (χ3n) is 1.55. The van der Waals surface area contributed by atoms with Crippen LogP contribution in [-0.4, -0.2) is 17.0 Å². The van der Waals surface area contributed by atoms with Gasteiger partial charge in [-0.25, -0.2) is 4.79 Å². The van der Waals surface area contributed by atoms with Crippen LogP contribution >= 0.6 is 11.6 Å². The molecule has 0 bridgehead atoms. The van der Waals surface area contributed by atoms with Gasteiger partial charge in [0, 0.05) is 11.5 Å². The van der Waals surface area contributed by atoms with Gasteiger partial charge in [-0.3, -0.25) is 4.79 Å². The molecular formula is C10H6ClNO3. The molecule has 0 aromatic heterocycles. The number of primary amides is 1. The Morgan fingerprint density at radius 3 is 2.60 bits per heavy atom. The lowest BCUT2D eigenvalue weighted by Gasteiger charge is -1.99. The van der Waals surface area contributed by atoms with E-state index in [1.165, 1.54) is 18.2 Å². The SMILES string of the molecule is NC(=O)C#Cc1cccc(C(=O)O)c1Cl. The first-order valence-corrected chi connectivity index (χ1v) is 4.23. The van der Waals surface area contributed by atoms with Crippen molar-refractivity contribution in [1.29, 1.82) is 0 Å². The first-order valence-electron chi connectivity index (χ1n) is 3.85. The predicted octanol–water partition coefficient (Wildman–Crippen LogP) is 0.875. The van der Waals surface area contributed by atoms with Gasteiger partial charge in [0.15, 0.2) is 0 Å². The van der Waals surface area contributed by atoms with Crippen LogP contribution in [0, 0.1) is 11.8 Å². The fourth-order valence-electron chi connectivity index (χ4n) is 0.923. The standard InChI is InChI=1S/C10H6ClNO3/c11-9-6(4-5-8(12)13)2-1-3-7(9)10(14)15/h1-3H,(H2,12,13)(H,14,15). The van der Waals surface area contributed by atoms with E-state index >= 15 is 0 Å². The van der Waals surface area contributed by atoms with Gasteiger partial charge in [-0.2, -0.15) is 0 Å². The average Bonchev–Trinajstić information content (AvgIpc) is 2.15. The Kier molecular flexibility index (Phi) is 3.32.